The van der Waals surface area contributed by atoms with Crippen molar-refractivity contribution in [2.45, 2.75) is 13.5 Å². The summed E-state index contributed by atoms with van der Waals surface area (Å²) in [6.07, 6.45) is 0. The van der Waals surface area contributed by atoms with E-state index in [0.29, 0.717) is 29.0 Å². The Morgan fingerprint density at radius 2 is 2.31 bits per heavy atom. The third-order valence-corrected chi connectivity index (χ3v) is 2.26. The molecular weight excluding hydrogens is 233 g/mol. The Morgan fingerprint density at radius 3 is 3.00 bits per heavy atom. The second-order valence-electron chi connectivity index (χ2n) is 3.21. The number of aryl methyl sites for hydroxylation is 1. The normalized spacial score (nSPS) is 10.4. The van der Waals surface area contributed by atoms with E-state index in [-0.39, 0.29) is 5.82 Å². The lowest BCUT2D eigenvalue weighted by atomic mass is 10.3. The number of rotatable bonds is 3. The molecule has 2 rings (SSSR count). The summed E-state index contributed by atoms with van der Waals surface area (Å²) in [6, 6.07) is 4.10. The molecule has 1 heterocycles. The predicted octanol–water partition coefficient (Wildman–Crippen LogP) is 2.78. The van der Waals surface area contributed by atoms with Crippen LogP contribution in [0, 0.1) is 12.7 Å². The van der Waals surface area contributed by atoms with Crippen LogP contribution in [0.5, 0.6) is 0 Å². The van der Waals surface area contributed by atoms with E-state index in [1.165, 1.54) is 18.2 Å². The lowest BCUT2D eigenvalue weighted by Gasteiger charge is -2.05. The molecular formula is C10H9ClFN3O. The molecule has 2 aromatic rings. The third-order valence-electron chi connectivity index (χ3n) is 1.93. The van der Waals surface area contributed by atoms with Crippen molar-refractivity contribution in [3.05, 3.63) is 40.8 Å². The standard InChI is InChI=1S/C10H9ClFN3O/c1-6-14-10(15-16-6)5-13-9-4-7(12)2-3-8(9)11/h2-4,13H,5H2,1H3. The first-order valence-corrected chi connectivity index (χ1v) is 5.01. The molecule has 84 valence electrons. The van der Waals surface area contributed by atoms with Crippen molar-refractivity contribution < 1.29 is 8.91 Å². The topological polar surface area (TPSA) is 51.0 Å². The van der Waals surface area contributed by atoms with Gasteiger partial charge in [-0.15, -0.1) is 0 Å². The molecule has 0 amide bonds. The van der Waals surface area contributed by atoms with Crippen LogP contribution in [-0.2, 0) is 6.54 Å². The van der Waals surface area contributed by atoms with E-state index >= 15 is 0 Å². The van der Waals surface area contributed by atoms with E-state index in [9.17, 15) is 4.39 Å². The van der Waals surface area contributed by atoms with Crippen molar-refractivity contribution in [3.63, 3.8) is 0 Å². The lowest BCUT2D eigenvalue weighted by molar-refractivity contribution is 0.388. The van der Waals surface area contributed by atoms with E-state index in [2.05, 4.69) is 15.5 Å². The number of aromatic nitrogens is 2. The highest BCUT2D eigenvalue weighted by Gasteiger charge is 2.05. The minimum atomic E-state index is -0.351. The van der Waals surface area contributed by atoms with Gasteiger partial charge in [0.1, 0.15) is 5.82 Å². The molecule has 0 spiro atoms. The first kappa shape index (κ1) is 10.9. The van der Waals surface area contributed by atoms with Crippen LogP contribution in [0.4, 0.5) is 10.1 Å². The van der Waals surface area contributed by atoms with Crippen LogP contribution in [0.2, 0.25) is 5.02 Å². The average Bonchev–Trinajstić information content (AvgIpc) is 2.66. The van der Waals surface area contributed by atoms with Crippen LogP contribution < -0.4 is 5.32 Å². The maximum absolute atomic E-state index is 12.9. The zero-order valence-electron chi connectivity index (χ0n) is 8.50. The molecule has 0 atom stereocenters. The van der Waals surface area contributed by atoms with Crippen molar-refractivity contribution in [2.75, 3.05) is 5.32 Å². The predicted molar refractivity (Wildman–Crippen MR) is 57.8 cm³/mol. The maximum atomic E-state index is 12.9. The summed E-state index contributed by atoms with van der Waals surface area (Å²) < 4.78 is 17.7. The smallest absolute Gasteiger partial charge is 0.223 e. The number of hydrogen-bond donors (Lipinski definition) is 1. The molecule has 6 heteroatoms. The summed E-state index contributed by atoms with van der Waals surface area (Å²) in [6.45, 7) is 2.03. The summed E-state index contributed by atoms with van der Waals surface area (Å²) in [7, 11) is 0. The van der Waals surface area contributed by atoms with Crippen LogP contribution >= 0.6 is 11.6 Å². The zero-order valence-corrected chi connectivity index (χ0v) is 9.25. The molecule has 1 aromatic heterocycles. The summed E-state index contributed by atoms with van der Waals surface area (Å²) >= 11 is 5.87. The van der Waals surface area contributed by atoms with Crippen LogP contribution in [0.3, 0.4) is 0 Å². The molecule has 0 radical (unpaired) electrons. The highest BCUT2D eigenvalue weighted by molar-refractivity contribution is 6.33. The zero-order chi connectivity index (χ0) is 11.5. The summed E-state index contributed by atoms with van der Waals surface area (Å²) in [4.78, 5) is 4.00. The monoisotopic (exact) mass is 241 g/mol. The van der Waals surface area contributed by atoms with Gasteiger partial charge >= 0.3 is 0 Å². The van der Waals surface area contributed by atoms with Crippen molar-refractivity contribution in [1.29, 1.82) is 0 Å². The molecule has 0 saturated carbocycles. The van der Waals surface area contributed by atoms with Crippen molar-refractivity contribution in [2.24, 2.45) is 0 Å². The quantitative estimate of drug-likeness (QED) is 0.898. The van der Waals surface area contributed by atoms with E-state index < -0.39 is 0 Å². The van der Waals surface area contributed by atoms with Crippen molar-refractivity contribution in [3.8, 4) is 0 Å². The van der Waals surface area contributed by atoms with Gasteiger partial charge in [0, 0.05) is 6.92 Å². The van der Waals surface area contributed by atoms with Gasteiger partial charge in [0.25, 0.3) is 0 Å². The number of anilines is 1. The molecule has 0 fully saturated rings. The maximum Gasteiger partial charge on any atom is 0.223 e. The van der Waals surface area contributed by atoms with Gasteiger partial charge in [-0.25, -0.2) is 4.39 Å². The Kier molecular flexibility index (Phi) is 3.05. The van der Waals surface area contributed by atoms with Gasteiger partial charge in [-0.2, -0.15) is 4.98 Å². The third kappa shape index (κ3) is 2.49. The fourth-order valence-corrected chi connectivity index (χ4v) is 1.40. The van der Waals surface area contributed by atoms with Crippen molar-refractivity contribution >= 4 is 17.3 Å². The molecule has 0 unspecified atom stereocenters. The molecule has 0 aliphatic rings. The molecule has 1 aromatic carbocycles. The Balaban J connectivity index is 2.07. The molecule has 0 aliphatic heterocycles. The summed E-state index contributed by atoms with van der Waals surface area (Å²) in [5.74, 6) is 0.635. The Morgan fingerprint density at radius 1 is 1.50 bits per heavy atom. The summed E-state index contributed by atoms with van der Waals surface area (Å²) in [5, 5.41) is 7.07. The van der Waals surface area contributed by atoms with Crippen LogP contribution in [0.1, 0.15) is 11.7 Å². The number of halogens is 2. The second kappa shape index (κ2) is 4.49. The van der Waals surface area contributed by atoms with Crippen LogP contribution in [0.25, 0.3) is 0 Å². The highest BCUT2D eigenvalue weighted by Crippen LogP contribution is 2.22. The Labute approximate surface area is 96.4 Å². The van der Waals surface area contributed by atoms with Gasteiger partial charge in [0.05, 0.1) is 17.3 Å². The van der Waals surface area contributed by atoms with Gasteiger partial charge in [0.15, 0.2) is 5.82 Å². The van der Waals surface area contributed by atoms with Crippen molar-refractivity contribution in [1.82, 2.24) is 10.1 Å². The first-order chi connectivity index (χ1) is 7.65. The van der Waals surface area contributed by atoms with Gasteiger partial charge in [-0.05, 0) is 18.2 Å². The molecule has 0 bridgehead atoms. The van der Waals surface area contributed by atoms with Gasteiger partial charge in [-0.1, -0.05) is 16.8 Å². The van der Waals surface area contributed by atoms with Gasteiger partial charge < -0.3 is 9.84 Å². The fourth-order valence-electron chi connectivity index (χ4n) is 1.22. The highest BCUT2D eigenvalue weighted by atomic mass is 35.5. The first-order valence-electron chi connectivity index (χ1n) is 4.63. The van der Waals surface area contributed by atoms with Crippen LogP contribution in [-0.4, -0.2) is 10.1 Å². The number of nitrogens with one attached hydrogen (secondary N) is 1. The SMILES string of the molecule is Cc1nc(CNc2cc(F)ccc2Cl)no1. The molecule has 1 N–H and O–H groups in total. The number of benzene rings is 1. The molecule has 4 nitrogen and oxygen atoms in total. The Hall–Kier alpha value is -1.62. The number of hydrogen-bond acceptors (Lipinski definition) is 4. The second-order valence-corrected chi connectivity index (χ2v) is 3.61. The molecule has 16 heavy (non-hydrogen) atoms. The summed E-state index contributed by atoms with van der Waals surface area (Å²) in [5.41, 5.74) is 0.504. The Bertz CT molecular complexity index is 501. The lowest BCUT2D eigenvalue weighted by Crippen LogP contribution is -2.02. The van der Waals surface area contributed by atoms with E-state index in [1.807, 2.05) is 0 Å². The number of nitrogens with zero attached hydrogens (tertiary/aromatic N) is 2. The van der Waals surface area contributed by atoms with E-state index in [0.717, 1.165) is 0 Å². The average molecular weight is 242 g/mol. The minimum Gasteiger partial charge on any atom is -0.376 e. The van der Waals surface area contributed by atoms with E-state index in [1.54, 1.807) is 6.92 Å². The van der Waals surface area contributed by atoms with Crippen LogP contribution in [0.15, 0.2) is 22.7 Å². The van der Waals surface area contributed by atoms with Gasteiger partial charge in [0.2, 0.25) is 5.89 Å². The molecule has 0 aliphatic carbocycles. The van der Waals surface area contributed by atoms with Gasteiger partial charge in [-0.3, -0.25) is 0 Å². The fraction of sp³-hybridized carbons (Fsp3) is 0.200. The van der Waals surface area contributed by atoms with E-state index in [4.69, 9.17) is 16.1 Å². The minimum absolute atomic E-state index is 0.334. The molecule has 0 saturated heterocycles. The largest absolute Gasteiger partial charge is 0.376 e.